The van der Waals surface area contributed by atoms with Gasteiger partial charge in [0, 0.05) is 11.6 Å². The van der Waals surface area contributed by atoms with E-state index in [-0.39, 0.29) is 23.6 Å². The Kier molecular flexibility index (Phi) is 4.42. The highest BCUT2D eigenvalue weighted by atomic mass is 19.2. The van der Waals surface area contributed by atoms with Gasteiger partial charge in [0.25, 0.3) is 5.91 Å². The minimum absolute atomic E-state index is 0.0919. The molecule has 3 rings (SSSR count). The van der Waals surface area contributed by atoms with Crippen molar-refractivity contribution in [2.45, 2.75) is 6.54 Å². The zero-order valence-corrected chi connectivity index (χ0v) is 12.4. The minimum Gasteiger partial charge on any atom is -0.345 e. The molecule has 0 saturated heterocycles. The van der Waals surface area contributed by atoms with Crippen LogP contribution in [0.4, 0.5) is 17.6 Å². The van der Waals surface area contributed by atoms with Crippen molar-refractivity contribution in [3.63, 3.8) is 0 Å². The van der Waals surface area contributed by atoms with Gasteiger partial charge >= 0.3 is 0 Å². The standard InChI is InChI=1S/C15H9F4N5O/c16-10-3-1-8(5-12(10)18)15(25)20-7-14-21-22-23-24(14)9-2-4-11(17)13(19)6-9/h1-6H,7H2,(H,20,25). The molecule has 0 aliphatic carbocycles. The molecule has 0 aliphatic rings. The maximum absolute atomic E-state index is 13.3. The second kappa shape index (κ2) is 6.67. The fraction of sp³-hybridized carbons (Fsp3) is 0.0667. The normalized spacial score (nSPS) is 10.7. The van der Waals surface area contributed by atoms with Crippen LogP contribution >= 0.6 is 0 Å². The minimum atomic E-state index is -1.15. The average molecular weight is 351 g/mol. The highest BCUT2D eigenvalue weighted by Crippen LogP contribution is 2.13. The predicted molar refractivity (Wildman–Crippen MR) is 76.6 cm³/mol. The van der Waals surface area contributed by atoms with Gasteiger partial charge in [-0.05, 0) is 40.8 Å². The Morgan fingerprint density at radius 1 is 0.960 bits per heavy atom. The van der Waals surface area contributed by atoms with Gasteiger partial charge in [-0.15, -0.1) is 5.10 Å². The molecule has 0 fully saturated rings. The molecule has 0 atom stereocenters. The van der Waals surface area contributed by atoms with E-state index in [4.69, 9.17) is 0 Å². The number of amides is 1. The number of nitrogens with one attached hydrogen (secondary N) is 1. The first-order valence-corrected chi connectivity index (χ1v) is 6.91. The first-order chi connectivity index (χ1) is 12.0. The van der Waals surface area contributed by atoms with Crippen molar-refractivity contribution in [2.75, 3.05) is 0 Å². The highest BCUT2D eigenvalue weighted by Gasteiger charge is 2.14. The van der Waals surface area contributed by atoms with Gasteiger partial charge in [-0.2, -0.15) is 4.68 Å². The highest BCUT2D eigenvalue weighted by molar-refractivity contribution is 5.94. The van der Waals surface area contributed by atoms with Gasteiger partial charge in [0.05, 0.1) is 12.2 Å². The first-order valence-electron chi connectivity index (χ1n) is 6.91. The van der Waals surface area contributed by atoms with E-state index in [1.807, 2.05) is 0 Å². The second-order valence-electron chi connectivity index (χ2n) is 4.92. The molecule has 0 radical (unpaired) electrons. The maximum Gasteiger partial charge on any atom is 0.251 e. The number of carbonyl (C=O) groups excluding carboxylic acids is 1. The lowest BCUT2D eigenvalue weighted by Crippen LogP contribution is -2.25. The summed E-state index contributed by atoms with van der Waals surface area (Å²) >= 11 is 0. The van der Waals surface area contributed by atoms with Crippen molar-refractivity contribution in [1.29, 1.82) is 0 Å². The smallest absolute Gasteiger partial charge is 0.251 e. The lowest BCUT2D eigenvalue weighted by molar-refractivity contribution is 0.0949. The van der Waals surface area contributed by atoms with E-state index in [0.29, 0.717) is 0 Å². The Balaban J connectivity index is 1.76. The number of carbonyl (C=O) groups is 1. The molecule has 10 heteroatoms. The number of aromatic nitrogens is 4. The molecule has 3 aromatic rings. The molecule has 1 aromatic heterocycles. The third-order valence-corrected chi connectivity index (χ3v) is 3.27. The van der Waals surface area contributed by atoms with E-state index in [1.54, 1.807) is 0 Å². The molecule has 1 N–H and O–H groups in total. The van der Waals surface area contributed by atoms with E-state index in [2.05, 4.69) is 20.8 Å². The molecule has 0 spiro atoms. The number of halogens is 4. The fourth-order valence-corrected chi connectivity index (χ4v) is 2.03. The first kappa shape index (κ1) is 16.6. The summed E-state index contributed by atoms with van der Waals surface area (Å²) in [6.07, 6.45) is 0. The Labute approximate surface area is 138 Å². The number of hydrogen-bond donors (Lipinski definition) is 1. The summed E-state index contributed by atoms with van der Waals surface area (Å²) in [4.78, 5) is 12.0. The van der Waals surface area contributed by atoms with Crippen LogP contribution in [0.2, 0.25) is 0 Å². The lowest BCUT2D eigenvalue weighted by Gasteiger charge is -2.07. The van der Waals surface area contributed by atoms with Crippen LogP contribution in [0.1, 0.15) is 16.2 Å². The molecule has 2 aromatic carbocycles. The number of benzene rings is 2. The van der Waals surface area contributed by atoms with Crippen LogP contribution in [0.25, 0.3) is 5.69 Å². The van der Waals surface area contributed by atoms with Crippen molar-refractivity contribution in [3.05, 3.63) is 71.1 Å². The molecule has 0 aliphatic heterocycles. The van der Waals surface area contributed by atoms with E-state index < -0.39 is 29.2 Å². The van der Waals surface area contributed by atoms with Gasteiger partial charge in [0.2, 0.25) is 0 Å². The van der Waals surface area contributed by atoms with E-state index >= 15 is 0 Å². The van der Waals surface area contributed by atoms with Crippen LogP contribution in [0, 0.1) is 23.3 Å². The van der Waals surface area contributed by atoms with Crippen LogP contribution < -0.4 is 5.32 Å². The molecule has 128 valence electrons. The van der Waals surface area contributed by atoms with Gasteiger partial charge in [0.15, 0.2) is 29.1 Å². The quantitative estimate of drug-likeness (QED) is 0.731. The number of nitrogens with zero attached hydrogens (tertiary/aromatic N) is 4. The summed E-state index contributed by atoms with van der Waals surface area (Å²) < 4.78 is 53.4. The average Bonchev–Trinajstić information content (AvgIpc) is 3.06. The van der Waals surface area contributed by atoms with Crippen LogP contribution in [-0.2, 0) is 6.54 Å². The summed E-state index contributed by atoms with van der Waals surface area (Å²) in [5.74, 6) is -4.88. The lowest BCUT2D eigenvalue weighted by atomic mass is 10.2. The molecule has 1 heterocycles. The van der Waals surface area contributed by atoms with Crippen LogP contribution in [0.5, 0.6) is 0 Å². The topological polar surface area (TPSA) is 72.7 Å². The van der Waals surface area contributed by atoms with Gasteiger partial charge in [-0.3, -0.25) is 4.79 Å². The monoisotopic (exact) mass is 351 g/mol. The molecule has 0 unspecified atom stereocenters. The zero-order chi connectivity index (χ0) is 18.0. The second-order valence-corrected chi connectivity index (χ2v) is 4.92. The van der Waals surface area contributed by atoms with Gasteiger partial charge < -0.3 is 5.32 Å². The third-order valence-electron chi connectivity index (χ3n) is 3.27. The summed E-state index contributed by atoms with van der Waals surface area (Å²) in [7, 11) is 0. The predicted octanol–water partition coefficient (Wildman–Crippen LogP) is 2.15. The summed E-state index contributed by atoms with van der Waals surface area (Å²) in [5, 5.41) is 13.2. The van der Waals surface area contributed by atoms with Crippen molar-refractivity contribution in [2.24, 2.45) is 0 Å². The summed E-state index contributed by atoms with van der Waals surface area (Å²) in [6.45, 7) is -0.177. The molecular formula is C15H9F4N5O. The molecule has 0 bridgehead atoms. The Morgan fingerprint density at radius 2 is 1.64 bits per heavy atom. The van der Waals surface area contributed by atoms with Crippen LogP contribution in [-0.4, -0.2) is 26.1 Å². The number of hydrogen-bond acceptors (Lipinski definition) is 4. The molecule has 0 saturated carbocycles. The van der Waals surface area contributed by atoms with Crippen molar-refractivity contribution in [3.8, 4) is 5.69 Å². The van der Waals surface area contributed by atoms with Gasteiger partial charge in [0.1, 0.15) is 0 Å². The summed E-state index contributed by atoms with van der Waals surface area (Å²) in [6, 6.07) is 5.77. The molecular weight excluding hydrogens is 342 g/mol. The number of tetrazole rings is 1. The van der Waals surface area contributed by atoms with Crippen molar-refractivity contribution < 1.29 is 22.4 Å². The molecule has 25 heavy (non-hydrogen) atoms. The fourth-order valence-electron chi connectivity index (χ4n) is 2.03. The summed E-state index contributed by atoms with van der Waals surface area (Å²) in [5.41, 5.74) is 0.0618. The molecule has 1 amide bonds. The number of rotatable bonds is 4. The van der Waals surface area contributed by atoms with Gasteiger partial charge in [-0.25, -0.2) is 17.6 Å². The Bertz CT molecular complexity index is 943. The zero-order valence-electron chi connectivity index (χ0n) is 12.4. The largest absolute Gasteiger partial charge is 0.345 e. The van der Waals surface area contributed by atoms with Crippen LogP contribution in [0.3, 0.4) is 0 Å². The van der Waals surface area contributed by atoms with Crippen LogP contribution in [0.15, 0.2) is 36.4 Å². The van der Waals surface area contributed by atoms with Crippen molar-refractivity contribution >= 4 is 5.91 Å². The van der Waals surface area contributed by atoms with E-state index in [9.17, 15) is 22.4 Å². The maximum atomic E-state index is 13.3. The van der Waals surface area contributed by atoms with Crippen molar-refractivity contribution in [1.82, 2.24) is 25.5 Å². The van der Waals surface area contributed by atoms with E-state index in [1.165, 1.54) is 6.07 Å². The Hall–Kier alpha value is -3.30. The van der Waals surface area contributed by atoms with Gasteiger partial charge in [-0.1, -0.05) is 0 Å². The van der Waals surface area contributed by atoms with E-state index in [0.717, 1.165) is 35.0 Å². The molecule has 6 nitrogen and oxygen atoms in total. The third kappa shape index (κ3) is 3.47. The SMILES string of the molecule is O=C(NCc1nnnn1-c1ccc(F)c(F)c1)c1ccc(F)c(F)c1. The Morgan fingerprint density at radius 3 is 2.32 bits per heavy atom.